The average Bonchev–Trinajstić information content (AvgIpc) is 2.83. The van der Waals surface area contributed by atoms with Gasteiger partial charge in [-0.05, 0) is 31.5 Å². The number of amides is 1. The lowest BCUT2D eigenvalue weighted by molar-refractivity contribution is 0.102. The highest BCUT2D eigenvalue weighted by molar-refractivity contribution is 6.04. The van der Waals surface area contributed by atoms with Gasteiger partial charge in [-0.1, -0.05) is 23.1 Å². The number of benzene rings is 1. The fraction of sp³-hybridized carbons (Fsp3) is 0.214. The Morgan fingerprint density at radius 3 is 2.90 bits per heavy atom. The van der Waals surface area contributed by atoms with Gasteiger partial charge in [0.1, 0.15) is 6.61 Å². The van der Waals surface area contributed by atoms with Crippen LogP contribution in [-0.2, 0) is 0 Å². The third kappa shape index (κ3) is 3.22. The molecule has 0 fully saturated rings. The molecule has 0 spiro atoms. The highest BCUT2D eigenvalue weighted by atomic mass is 16.5. The van der Waals surface area contributed by atoms with Crippen molar-refractivity contribution in [1.29, 1.82) is 0 Å². The van der Waals surface area contributed by atoms with Gasteiger partial charge in [0, 0.05) is 11.1 Å². The van der Waals surface area contributed by atoms with Crippen molar-refractivity contribution in [3.8, 4) is 11.8 Å². The van der Waals surface area contributed by atoms with Gasteiger partial charge < -0.3 is 9.63 Å². The molecule has 0 bridgehead atoms. The number of hydrogen-bond acceptors (Lipinski definition) is 5. The van der Waals surface area contributed by atoms with E-state index in [1.807, 2.05) is 6.92 Å². The third-order valence-electron chi connectivity index (χ3n) is 2.54. The molecule has 0 saturated heterocycles. The van der Waals surface area contributed by atoms with E-state index >= 15 is 0 Å². The summed E-state index contributed by atoms with van der Waals surface area (Å²) < 4.78 is 4.84. The van der Waals surface area contributed by atoms with E-state index in [4.69, 9.17) is 9.63 Å². The number of aliphatic hydroxyl groups is 1. The molecule has 0 saturated carbocycles. The summed E-state index contributed by atoms with van der Waals surface area (Å²) in [5.74, 6) is 5.39. The van der Waals surface area contributed by atoms with Gasteiger partial charge in [0.2, 0.25) is 0 Å². The van der Waals surface area contributed by atoms with Gasteiger partial charge in [-0.3, -0.25) is 10.1 Å². The molecule has 6 nitrogen and oxygen atoms in total. The molecule has 0 aliphatic carbocycles. The molecule has 2 N–H and O–H groups in total. The lowest BCUT2D eigenvalue weighted by Crippen LogP contribution is -2.13. The van der Waals surface area contributed by atoms with Crippen LogP contribution in [0.2, 0.25) is 0 Å². The van der Waals surface area contributed by atoms with E-state index in [1.165, 1.54) is 0 Å². The summed E-state index contributed by atoms with van der Waals surface area (Å²) >= 11 is 0. The van der Waals surface area contributed by atoms with Gasteiger partial charge in [0.25, 0.3) is 5.91 Å². The molecular weight excluding hydrogens is 258 g/mol. The molecule has 0 radical (unpaired) electrons. The quantitative estimate of drug-likeness (QED) is 0.803. The smallest absolute Gasteiger partial charge is 0.328 e. The fourth-order valence-corrected chi connectivity index (χ4v) is 1.60. The van der Waals surface area contributed by atoms with Crippen molar-refractivity contribution in [1.82, 2.24) is 10.1 Å². The maximum Gasteiger partial charge on any atom is 0.328 e. The molecule has 2 aromatic rings. The second-order valence-corrected chi connectivity index (χ2v) is 4.09. The number of nitrogens with zero attached hydrogens (tertiary/aromatic N) is 2. The van der Waals surface area contributed by atoms with Crippen LogP contribution in [-0.4, -0.2) is 27.8 Å². The number of hydrogen-bond donors (Lipinski definition) is 2. The first kappa shape index (κ1) is 13.8. The topological polar surface area (TPSA) is 88.2 Å². The SMILES string of the molecule is Cc1noc(NC(=O)c2cc(C#CCO)ccc2C)n1. The van der Waals surface area contributed by atoms with Crippen LogP contribution in [0.4, 0.5) is 6.01 Å². The molecule has 1 aromatic heterocycles. The summed E-state index contributed by atoms with van der Waals surface area (Å²) in [6.45, 7) is 3.25. The molecular formula is C14H13N3O3. The standard InChI is InChI=1S/C14H13N3O3/c1-9-5-6-11(4-3-7-18)8-12(9)13(19)16-14-15-10(2)17-20-14/h5-6,8,18H,7H2,1-2H3,(H,15,16,17,19). The molecule has 0 unspecified atom stereocenters. The Morgan fingerprint density at radius 2 is 2.25 bits per heavy atom. The molecule has 0 aliphatic rings. The van der Waals surface area contributed by atoms with Crippen LogP contribution in [0.3, 0.4) is 0 Å². The van der Waals surface area contributed by atoms with Crippen LogP contribution in [0, 0.1) is 25.7 Å². The van der Waals surface area contributed by atoms with E-state index in [0.717, 1.165) is 5.56 Å². The Bertz CT molecular complexity index is 695. The van der Waals surface area contributed by atoms with Crippen LogP contribution in [0.1, 0.15) is 27.3 Å². The number of nitrogens with one attached hydrogen (secondary N) is 1. The highest BCUT2D eigenvalue weighted by Gasteiger charge is 2.13. The van der Waals surface area contributed by atoms with Crippen LogP contribution < -0.4 is 5.32 Å². The molecule has 0 atom stereocenters. The lowest BCUT2D eigenvalue weighted by atomic mass is 10.0. The van der Waals surface area contributed by atoms with E-state index in [0.29, 0.717) is 17.0 Å². The predicted molar refractivity (Wildman–Crippen MR) is 72.1 cm³/mol. The molecule has 2 rings (SSSR count). The van der Waals surface area contributed by atoms with Crippen LogP contribution in [0.25, 0.3) is 0 Å². The monoisotopic (exact) mass is 271 g/mol. The first-order valence-corrected chi connectivity index (χ1v) is 5.92. The summed E-state index contributed by atoms with van der Waals surface area (Å²) in [7, 11) is 0. The molecule has 1 heterocycles. The van der Waals surface area contributed by atoms with Crippen LogP contribution in [0.15, 0.2) is 22.7 Å². The minimum Gasteiger partial charge on any atom is -0.384 e. The third-order valence-corrected chi connectivity index (χ3v) is 2.54. The Hall–Kier alpha value is -2.65. The fourth-order valence-electron chi connectivity index (χ4n) is 1.60. The number of aliphatic hydroxyl groups excluding tert-OH is 1. The molecule has 102 valence electrons. The van der Waals surface area contributed by atoms with Crippen molar-refractivity contribution in [3.05, 3.63) is 40.7 Å². The van der Waals surface area contributed by atoms with Gasteiger partial charge in [0.15, 0.2) is 5.82 Å². The highest BCUT2D eigenvalue weighted by Crippen LogP contribution is 2.13. The molecule has 6 heteroatoms. The van der Waals surface area contributed by atoms with Gasteiger partial charge in [0.05, 0.1) is 0 Å². The van der Waals surface area contributed by atoms with Gasteiger partial charge >= 0.3 is 6.01 Å². The summed E-state index contributed by atoms with van der Waals surface area (Å²) in [6, 6.07) is 5.27. The Kier molecular flexibility index (Phi) is 4.13. The van der Waals surface area contributed by atoms with Crippen molar-refractivity contribution in [2.45, 2.75) is 13.8 Å². The first-order valence-electron chi connectivity index (χ1n) is 5.92. The van der Waals surface area contributed by atoms with Crippen LogP contribution >= 0.6 is 0 Å². The number of anilines is 1. The molecule has 1 aromatic carbocycles. The molecule has 0 aliphatic heterocycles. The van der Waals surface area contributed by atoms with Crippen molar-refractivity contribution in [2.75, 3.05) is 11.9 Å². The summed E-state index contributed by atoms with van der Waals surface area (Å²) in [6.07, 6.45) is 0. The molecule has 20 heavy (non-hydrogen) atoms. The number of rotatable bonds is 2. The minimum atomic E-state index is -0.348. The normalized spacial score (nSPS) is 9.75. The summed E-state index contributed by atoms with van der Waals surface area (Å²) in [5.41, 5.74) is 1.91. The van der Waals surface area contributed by atoms with Crippen molar-refractivity contribution < 1.29 is 14.4 Å². The van der Waals surface area contributed by atoms with E-state index in [-0.39, 0.29) is 18.5 Å². The number of aryl methyl sites for hydroxylation is 2. The van der Waals surface area contributed by atoms with Gasteiger partial charge in [-0.15, -0.1) is 0 Å². The van der Waals surface area contributed by atoms with E-state index in [2.05, 4.69) is 27.3 Å². The zero-order valence-corrected chi connectivity index (χ0v) is 11.1. The Labute approximate surface area is 115 Å². The summed E-state index contributed by atoms with van der Waals surface area (Å²) in [5, 5.41) is 14.8. The van der Waals surface area contributed by atoms with E-state index in [9.17, 15) is 4.79 Å². The van der Waals surface area contributed by atoms with E-state index in [1.54, 1.807) is 25.1 Å². The molecule has 1 amide bonds. The average molecular weight is 271 g/mol. The Morgan fingerprint density at radius 1 is 1.45 bits per heavy atom. The number of aromatic nitrogens is 2. The zero-order valence-electron chi connectivity index (χ0n) is 11.1. The first-order chi connectivity index (χ1) is 9.60. The second kappa shape index (κ2) is 5.99. The maximum absolute atomic E-state index is 12.1. The van der Waals surface area contributed by atoms with E-state index < -0.39 is 0 Å². The maximum atomic E-state index is 12.1. The van der Waals surface area contributed by atoms with Gasteiger partial charge in [-0.25, -0.2) is 0 Å². The second-order valence-electron chi connectivity index (χ2n) is 4.09. The lowest BCUT2D eigenvalue weighted by Gasteiger charge is -2.05. The zero-order chi connectivity index (χ0) is 14.5. The largest absolute Gasteiger partial charge is 0.384 e. The van der Waals surface area contributed by atoms with Crippen molar-refractivity contribution in [2.24, 2.45) is 0 Å². The predicted octanol–water partition coefficient (Wildman–Crippen LogP) is 1.28. The van der Waals surface area contributed by atoms with Crippen LogP contribution in [0.5, 0.6) is 0 Å². The Balaban J connectivity index is 2.24. The minimum absolute atomic E-state index is 0.0544. The number of carbonyl (C=O) groups is 1. The number of carbonyl (C=O) groups excluding carboxylic acids is 1. The van der Waals surface area contributed by atoms with Crippen molar-refractivity contribution in [3.63, 3.8) is 0 Å². The van der Waals surface area contributed by atoms with Gasteiger partial charge in [-0.2, -0.15) is 4.98 Å². The summed E-state index contributed by atoms with van der Waals surface area (Å²) in [4.78, 5) is 16.0. The van der Waals surface area contributed by atoms with Crippen molar-refractivity contribution >= 4 is 11.9 Å².